The lowest BCUT2D eigenvalue weighted by molar-refractivity contribution is 0.463. The molecule has 0 fully saturated rings. The zero-order valence-corrected chi connectivity index (χ0v) is 6.31. The summed E-state index contributed by atoms with van der Waals surface area (Å²) in [6.07, 6.45) is 0.972. The summed E-state index contributed by atoms with van der Waals surface area (Å²) in [5.41, 5.74) is -1.55. The lowest BCUT2D eigenvalue weighted by atomic mass is 9.75. The number of hydrogen-bond donors (Lipinski definition) is 1. The van der Waals surface area contributed by atoms with Crippen LogP contribution >= 0.6 is 0 Å². The summed E-state index contributed by atoms with van der Waals surface area (Å²) < 4.78 is 0. The number of nitrogens with one attached hydrogen (secondary N) is 1. The van der Waals surface area contributed by atoms with Gasteiger partial charge in [0.2, 0.25) is 5.41 Å². The Bertz CT molecular complexity index is 392. The summed E-state index contributed by atoms with van der Waals surface area (Å²) in [7, 11) is 0. The predicted octanol–water partition coefficient (Wildman–Crippen LogP) is -0.605. The second-order valence-corrected chi connectivity index (χ2v) is 2.38. The van der Waals surface area contributed by atoms with Gasteiger partial charge in [0, 0.05) is 0 Å². The predicted molar refractivity (Wildman–Crippen MR) is 39.2 cm³/mol. The van der Waals surface area contributed by atoms with E-state index in [1.54, 1.807) is 24.3 Å². The van der Waals surface area contributed by atoms with Crippen LogP contribution in [0.2, 0.25) is 0 Å². The maximum absolute atomic E-state index is 8.71. The third-order valence-electron chi connectivity index (χ3n) is 1.77. The second kappa shape index (κ2) is 2.48. The largest absolute Gasteiger partial charge is 0.275 e. The van der Waals surface area contributed by atoms with Crippen molar-refractivity contribution in [1.29, 1.82) is 21.0 Å². The van der Waals surface area contributed by atoms with E-state index in [9.17, 15) is 0 Å². The second-order valence-electron chi connectivity index (χ2n) is 2.38. The van der Waals surface area contributed by atoms with E-state index in [0.717, 1.165) is 6.21 Å². The molecule has 0 unspecified atom stereocenters. The van der Waals surface area contributed by atoms with E-state index in [2.05, 4.69) is 10.5 Å². The Morgan fingerprint density at radius 3 is 1.85 bits per heavy atom. The molecule has 0 saturated heterocycles. The first-order valence-electron chi connectivity index (χ1n) is 3.16. The van der Waals surface area contributed by atoms with Crippen molar-refractivity contribution in [3.05, 3.63) is 0 Å². The van der Waals surface area contributed by atoms with Crippen molar-refractivity contribution in [1.82, 2.24) is 5.43 Å². The first-order chi connectivity index (χ1) is 6.20. The highest BCUT2D eigenvalue weighted by Crippen LogP contribution is 2.31. The van der Waals surface area contributed by atoms with Gasteiger partial charge in [-0.15, -0.1) is 0 Å². The Labute approximate surface area is 73.9 Å². The first kappa shape index (κ1) is 8.53. The first-order valence-corrected chi connectivity index (χ1v) is 3.16. The van der Waals surface area contributed by atoms with Crippen molar-refractivity contribution in [2.45, 2.75) is 5.54 Å². The van der Waals surface area contributed by atoms with E-state index in [1.807, 2.05) is 0 Å². The molecule has 0 radical (unpaired) electrons. The molecule has 0 amide bonds. The lowest BCUT2D eigenvalue weighted by Crippen LogP contribution is -2.49. The highest BCUT2D eigenvalue weighted by atomic mass is 15.4. The fraction of sp³-hybridized carbons (Fsp3) is 0.286. The minimum Gasteiger partial charge on any atom is -0.275 e. The minimum atomic E-state index is -1.89. The van der Waals surface area contributed by atoms with Gasteiger partial charge in [-0.1, -0.05) is 0 Å². The molecule has 0 atom stereocenters. The van der Waals surface area contributed by atoms with Gasteiger partial charge in [-0.3, -0.25) is 5.43 Å². The number of hydrogen-bond acceptors (Lipinski definition) is 6. The topological polar surface area (TPSA) is 120 Å². The van der Waals surface area contributed by atoms with Gasteiger partial charge in [-0.05, 0) is 0 Å². The van der Waals surface area contributed by atoms with Crippen molar-refractivity contribution in [3.8, 4) is 24.3 Å². The molecule has 6 heteroatoms. The van der Waals surface area contributed by atoms with E-state index in [4.69, 9.17) is 21.0 Å². The smallest absolute Gasteiger partial charge is 0.264 e. The summed E-state index contributed by atoms with van der Waals surface area (Å²) in [4.78, 5) is 0. The van der Waals surface area contributed by atoms with Crippen LogP contribution < -0.4 is 5.43 Å². The molecule has 0 aromatic carbocycles. The molecule has 0 aromatic rings. The van der Waals surface area contributed by atoms with Crippen molar-refractivity contribution in [3.63, 3.8) is 0 Å². The summed E-state index contributed by atoms with van der Waals surface area (Å²) in [5.74, 6) is 0. The van der Waals surface area contributed by atoms with Gasteiger partial charge in [0.25, 0.3) is 5.54 Å². The monoisotopic (exact) mass is 170 g/mol. The Balaban J connectivity index is 3.39. The molecule has 0 bridgehead atoms. The molecular formula is C7H2N6. The summed E-state index contributed by atoms with van der Waals surface area (Å²) in [6, 6.07) is 6.36. The summed E-state index contributed by atoms with van der Waals surface area (Å²) >= 11 is 0. The van der Waals surface area contributed by atoms with Gasteiger partial charge in [0.05, 0.1) is 18.4 Å². The van der Waals surface area contributed by atoms with Crippen LogP contribution in [0.5, 0.6) is 0 Å². The Hall–Kier alpha value is -2.57. The van der Waals surface area contributed by atoms with E-state index in [0.29, 0.717) is 0 Å². The molecule has 6 nitrogen and oxygen atoms in total. The maximum Gasteiger partial charge on any atom is 0.264 e. The van der Waals surface area contributed by atoms with Crippen molar-refractivity contribution >= 4 is 6.21 Å². The molecule has 13 heavy (non-hydrogen) atoms. The summed E-state index contributed by atoms with van der Waals surface area (Å²) in [6.45, 7) is 0. The SMILES string of the molecule is N#CC1(C#N)C=NNC1(C#N)C#N. The molecule has 1 N–H and O–H groups in total. The maximum atomic E-state index is 8.71. The Morgan fingerprint density at radius 1 is 1.00 bits per heavy atom. The third kappa shape index (κ3) is 0.745. The fourth-order valence-corrected chi connectivity index (χ4v) is 0.913. The molecule has 0 aliphatic carbocycles. The van der Waals surface area contributed by atoms with E-state index < -0.39 is 11.0 Å². The highest BCUT2D eigenvalue weighted by molar-refractivity contribution is 5.81. The zero-order chi connectivity index (χ0) is 9.95. The molecule has 1 aliphatic rings. The van der Waals surface area contributed by atoms with Crippen LogP contribution in [0, 0.1) is 50.7 Å². The normalized spacial score (nSPS) is 20.0. The van der Waals surface area contributed by atoms with Crippen LogP contribution in [0.15, 0.2) is 5.10 Å². The van der Waals surface area contributed by atoms with E-state index in [-0.39, 0.29) is 0 Å². The quantitative estimate of drug-likeness (QED) is 0.520. The molecular weight excluding hydrogens is 168 g/mol. The number of rotatable bonds is 0. The third-order valence-corrected chi connectivity index (χ3v) is 1.77. The highest BCUT2D eigenvalue weighted by Gasteiger charge is 2.57. The Kier molecular flexibility index (Phi) is 1.63. The van der Waals surface area contributed by atoms with Crippen LogP contribution in [0.1, 0.15) is 0 Å². The van der Waals surface area contributed by atoms with Gasteiger partial charge in [0.15, 0.2) is 0 Å². The molecule has 1 aliphatic heterocycles. The van der Waals surface area contributed by atoms with Crippen molar-refractivity contribution in [2.75, 3.05) is 0 Å². The molecule has 0 spiro atoms. The number of hydrazone groups is 1. The van der Waals surface area contributed by atoms with Gasteiger partial charge < -0.3 is 0 Å². The van der Waals surface area contributed by atoms with Gasteiger partial charge in [-0.2, -0.15) is 26.1 Å². The van der Waals surface area contributed by atoms with E-state index >= 15 is 0 Å². The lowest BCUT2D eigenvalue weighted by Gasteiger charge is -2.19. The van der Waals surface area contributed by atoms with Gasteiger partial charge in [-0.25, -0.2) is 0 Å². The number of nitriles is 4. The van der Waals surface area contributed by atoms with Crippen LogP contribution in [-0.4, -0.2) is 11.8 Å². The zero-order valence-electron chi connectivity index (χ0n) is 6.31. The summed E-state index contributed by atoms with van der Waals surface area (Å²) in [5, 5.41) is 38.2. The van der Waals surface area contributed by atoms with Crippen molar-refractivity contribution < 1.29 is 0 Å². The van der Waals surface area contributed by atoms with Crippen LogP contribution in [0.4, 0.5) is 0 Å². The van der Waals surface area contributed by atoms with Gasteiger partial charge >= 0.3 is 0 Å². The average Bonchev–Trinajstić information content (AvgIpc) is 2.57. The molecule has 0 saturated carbocycles. The molecule has 1 rings (SSSR count). The number of nitrogens with zero attached hydrogens (tertiary/aromatic N) is 5. The minimum absolute atomic E-state index is 0.972. The fourth-order valence-electron chi connectivity index (χ4n) is 0.913. The standard InChI is InChI=1S/C7H2N6/c8-1-6(2-9)5-12-13-7(6,3-10)4-11/h5,13H. The van der Waals surface area contributed by atoms with Crippen LogP contribution in [0.25, 0.3) is 0 Å². The van der Waals surface area contributed by atoms with Crippen LogP contribution in [0.3, 0.4) is 0 Å². The molecule has 1 heterocycles. The molecule has 60 valence electrons. The van der Waals surface area contributed by atoms with E-state index in [1.165, 1.54) is 0 Å². The van der Waals surface area contributed by atoms with Crippen molar-refractivity contribution in [2.24, 2.45) is 10.5 Å². The Morgan fingerprint density at radius 2 is 1.54 bits per heavy atom. The molecule has 0 aromatic heterocycles. The van der Waals surface area contributed by atoms with Gasteiger partial charge in [0.1, 0.15) is 12.1 Å². The average molecular weight is 170 g/mol. The van der Waals surface area contributed by atoms with Crippen LogP contribution in [-0.2, 0) is 0 Å².